The first-order valence-electron chi connectivity index (χ1n) is 20.7. The summed E-state index contributed by atoms with van der Waals surface area (Å²) in [6, 6.07) is 84.4. The predicted octanol–water partition coefficient (Wildman–Crippen LogP) is 14.5. The Morgan fingerprint density at radius 1 is 0.237 bits per heavy atom. The normalized spacial score (nSPS) is 14.4. The third-order valence-corrected chi connectivity index (χ3v) is 13.7. The Bertz CT molecular complexity index is 3180. The smallest absolute Gasteiger partial charge is 0.0720 e. The molecule has 0 amide bonds. The molecule has 0 heterocycles. The van der Waals surface area contributed by atoms with Gasteiger partial charge in [-0.1, -0.05) is 206 Å². The molecular weight excluding hydrogens is 711 g/mol. The maximum absolute atomic E-state index is 2.55. The second-order valence-electron chi connectivity index (χ2n) is 16.3. The quantitative estimate of drug-likeness (QED) is 0.174. The van der Waals surface area contributed by atoms with Crippen LogP contribution in [0.15, 0.2) is 224 Å². The minimum absolute atomic E-state index is 0.473. The zero-order valence-electron chi connectivity index (χ0n) is 32.3. The van der Waals surface area contributed by atoms with Gasteiger partial charge in [-0.05, 0) is 90.2 Å². The number of fused-ring (bicyclic) bond motifs is 18. The number of benzene rings is 10. The van der Waals surface area contributed by atoms with Crippen molar-refractivity contribution in [3.05, 3.63) is 269 Å². The zero-order valence-corrected chi connectivity index (χ0v) is 32.3. The van der Waals surface area contributed by atoms with E-state index in [4.69, 9.17) is 0 Å². The van der Waals surface area contributed by atoms with Gasteiger partial charge in [-0.15, -0.1) is 0 Å². The van der Waals surface area contributed by atoms with Crippen molar-refractivity contribution in [1.82, 2.24) is 0 Å². The van der Waals surface area contributed by atoms with Gasteiger partial charge in [-0.3, -0.25) is 0 Å². The molecule has 274 valence electrons. The van der Waals surface area contributed by atoms with E-state index < -0.39 is 10.8 Å². The first-order valence-corrected chi connectivity index (χ1v) is 20.7. The van der Waals surface area contributed by atoms with Gasteiger partial charge in [0.1, 0.15) is 0 Å². The predicted molar refractivity (Wildman–Crippen MR) is 244 cm³/mol. The van der Waals surface area contributed by atoms with Crippen LogP contribution in [-0.4, -0.2) is 0 Å². The molecule has 0 radical (unpaired) electrons. The summed E-state index contributed by atoms with van der Waals surface area (Å²) in [7, 11) is 0. The van der Waals surface area contributed by atoms with E-state index in [0.717, 1.165) is 11.4 Å². The standard InChI is InChI=1S/C58H37N/c1-3-22-40-38(18-1)20-15-35-53(40)59(54-36-16-21-39-19-2-4-23-41(39)54)55-37-17-34-52-56(55)44-26-7-10-29-47(44)58(52)50-32-13-11-30-48(50)57(49-31-12-14-33-51(49)58)45-27-8-5-24-42(45)43-25-6-9-28-46(43)57/h1-37H. The van der Waals surface area contributed by atoms with Crippen LogP contribution in [0.2, 0.25) is 0 Å². The summed E-state index contributed by atoms with van der Waals surface area (Å²) in [5.74, 6) is 0. The van der Waals surface area contributed by atoms with Crippen molar-refractivity contribution in [2.24, 2.45) is 0 Å². The number of hydrogen-bond acceptors (Lipinski definition) is 1. The van der Waals surface area contributed by atoms with Crippen molar-refractivity contribution in [2.45, 2.75) is 10.8 Å². The van der Waals surface area contributed by atoms with E-state index in [2.05, 4.69) is 229 Å². The lowest BCUT2D eigenvalue weighted by atomic mass is 9.52. The summed E-state index contributed by atoms with van der Waals surface area (Å²) < 4.78 is 0. The van der Waals surface area contributed by atoms with Crippen LogP contribution in [-0.2, 0) is 10.8 Å². The van der Waals surface area contributed by atoms with Crippen LogP contribution >= 0.6 is 0 Å². The number of anilines is 3. The molecule has 2 spiro atoms. The molecular formula is C58H37N. The third-order valence-electron chi connectivity index (χ3n) is 13.7. The van der Waals surface area contributed by atoms with Crippen molar-refractivity contribution < 1.29 is 0 Å². The van der Waals surface area contributed by atoms with Crippen molar-refractivity contribution >= 4 is 38.6 Å². The van der Waals surface area contributed by atoms with Crippen LogP contribution < -0.4 is 4.90 Å². The number of hydrogen-bond donors (Lipinski definition) is 0. The topological polar surface area (TPSA) is 3.24 Å². The van der Waals surface area contributed by atoms with Crippen LogP contribution in [0.5, 0.6) is 0 Å². The van der Waals surface area contributed by atoms with Crippen LogP contribution in [0, 0.1) is 0 Å². The second kappa shape index (κ2) is 12.0. The van der Waals surface area contributed by atoms with Crippen LogP contribution in [0.3, 0.4) is 0 Å². The highest BCUT2D eigenvalue weighted by Crippen LogP contribution is 2.68. The van der Waals surface area contributed by atoms with Gasteiger partial charge in [0.25, 0.3) is 0 Å². The van der Waals surface area contributed by atoms with Gasteiger partial charge in [0.05, 0.1) is 27.9 Å². The molecule has 0 saturated carbocycles. The van der Waals surface area contributed by atoms with Gasteiger partial charge in [-0.2, -0.15) is 0 Å². The molecule has 0 aromatic heterocycles. The number of nitrogens with zero attached hydrogens (tertiary/aromatic N) is 1. The Morgan fingerprint density at radius 3 is 1.07 bits per heavy atom. The van der Waals surface area contributed by atoms with Gasteiger partial charge < -0.3 is 4.90 Å². The van der Waals surface area contributed by atoms with E-state index in [1.165, 1.54) is 94.0 Å². The van der Waals surface area contributed by atoms with Crippen LogP contribution in [0.4, 0.5) is 17.1 Å². The SMILES string of the molecule is c1ccc2c(c1)-c1ccccc1C21c2ccccc2C2(c3ccccc3-c3c(N(c4cccc5ccccc45)c4cccc5ccccc45)cccc32)c2ccccc21. The average Bonchev–Trinajstić information content (AvgIpc) is 3.77. The second-order valence-corrected chi connectivity index (χ2v) is 16.3. The highest BCUT2D eigenvalue weighted by Gasteiger charge is 2.59. The lowest BCUT2D eigenvalue weighted by Gasteiger charge is -2.48. The molecule has 0 fully saturated rings. The maximum atomic E-state index is 2.55. The molecule has 0 aliphatic heterocycles. The lowest BCUT2D eigenvalue weighted by molar-refractivity contribution is 0.633. The van der Waals surface area contributed by atoms with Gasteiger partial charge in [-0.25, -0.2) is 0 Å². The molecule has 3 aliphatic carbocycles. The molecule has 0 saturated heterocycles. The zero-order chi connectivity index (χ0) is 38.7. The minimum Gasteiger partial charge on any atom is -0.309 e. The van der Waals surface area contributed by atoms with Crippen molar-refractivity contribution in [2.75, 3.05) is 4.90 Å². The highest BCUT2D eigenvalue weighted by molar-refractivity contribution is 6.08. The molecule has 1 heteroatoms. The lowest BCUT2D eigenvalue weighted by Crippen LogP contribution is -2.43. The van der Waals surface area contributed by atoms with Gasteiger partial charge in [0.2, 0.25) is 0 Å². The van der Waals surface area contributed by atoms with Crippen LogP contribution in [0.1, 0.15) is 44.5 Å². The molecule has 0 bridgehead atoms. The summed E-state index contributed by atoms with van der Waals surface area (Å²) >= 11 is 0. The number of rotatable bonds is 3. The van der Waals surface area contributed by atoms with Crippen molar-refractivity contribution in [3.63, 3.8) is 0 Å². The van der Waals surface area contributed by atoms with E-state index >= 15 is 0 Å². The fourth-order valence-electron chi connectivity index (χ4n) is 11.7. The average molecular weight is 748 g/mol. The molecule has 13 rings (SSSR count). The van der Waals surface area contributed by atoms with E-state index in [9.17, 15) is 0 Å². The Labute approximate surface area is 344 Å². The largest absolute Gasteiger partial charge is 0.309 e. The molecule has 0 N–H and O–H groups in total. The highest BCUT2D eigenvalue weighted by atomic mass is 15.1. The van der Waals surface area contributed by atoms with Gasteiger partial charge >= 0.3 is 0 Å². The van der Waals surface area contributed by atoms with E-state index in [1.54, 1.807) is 0 Å². The van der Waals surface area contributed by atoms with E-state index in [-0.39, 0.29) is 0 Å². The van der Waals surface area contributed by atoms with E-state index in [1.807, 2.05) is 0 Å². The summed E-state index contributed by atoms with van der Waals surface area (Å²) in [4.78, 5) is 2.55. The monoisotopic (exact) mass is 747 g/mol. The molecule has 1 nitrogen and oxygen atoms in total. The van der Waals surface area contributed by atoms with Crippen molar-refractivity contribution in [3.8, 4) is 22.3 Å². The molecule has 10 aromatic rings. The Morgan fingerprint density at radius 2 is 0.559 bits per heavy atom. The minimum atomic E-state index is -0.573. The molecule has 59 heavy (non-hydrogen) atoms. The van der Waals surface area contributed by atoms with Gasteiger partial charge in [0.15, 0.2) is 0 Å². The first-order chi connectivity index (χ1) is 29.3. The van der Waals surface area contributed by atoms with E-state index in [0.29, 0.717) is 0 Å². The molecule has 0 unspecified atom stereocenters. The summed E-state index contributed by atoms with van der Waals surface area (Å²) in [5.41, 5.74) is 18.4. The molecule has 0 atom stereocenters. The Balaban J connectivity index is 1.18. The fraction of sp³-hybridized carbons (Fsp3) is 0.0345. The Hall–Kier alpha value is -7.48. The maximum Gasteiger partial charge on any atom is 0.0720 e. The summed E-state index contributed by atoms with van der Waals surface area (Å²) in [6.45, 7) is 0. The molecule has 3 aliphatic rings. The first kappa shape index (κ1) is 32.6. The van der Waals surface area contributed by atoms with Crippen LogP contribution in [0.25, 0.3) is 43.8 Å². The van der Waals surface area contributed by atoms with Gasteiger partial charge in [0, 0.05) is 16.3 Å². The molecule has 10 aromatic carbocycles. The third kappa shape index (κ3) is 4.04. The Kier molecular flexibility index (Phi) is 6.64. The van der Waals surface area contributed by atoms with Crippen molar-refractivity contribution in [1.29, 1.82) is 0 Å². The summed E-state index contributed by atoms with van der Waals surface area (Å²) in [5, 5.41) is 4.88. The fourth-order valence-corrected chi connectivity index (χ4v) is 11.7. The summed E-state index contributed by atoms with van der Waals surface area (Å²) in [6.07, 6.45) is 0.